The van der Waals surface area contributed by atoms with Crippen LogP contribution in [-0.4, -0.2) is 43.2 Å². The molecular weight excluding hydrogens is 377 g/mol. The second-order valence-corrected chi connectivity index (χ2v) is 6.03. The summed E-state index contributed by atoms with van der Waals surface area (Å²) in [6.07, 6.45) is -5.64. The smallest absolute Gasteiger partial charge is 0.410 e. The molecule has 0 saturated carbocycles. The average molecular weight is 394 g/mol. The van der Waals surface area contributed by atoms with Crippen LogP contribution in [0.5, 0.6) is 5.75 Å². The number of anilines is 1. The first-order valence-corrected chi connectivity index (χ1v) is 8.46. The summed E-state index contributed by atoms with van der Waals surface area (Å²) in [5.74, 6) is -0.328. The summed E-state index contributed by atoms with van der Waals surface area (Å²) in [4.78, 5) is 26.0. The zero-order valence-electron chi connectivity index (χ0n) is 14.7. The van der Waals surface area contributed by atoms with Crippen LogP contribution in [0.4, 0.5) is 23.7 Å². The zero-order valence-corrected chi connectivity index (χ0v) is 14.7. The minimum absolute atomic E-state index is 0.174. The minimum atomic E-state index is -4.68. The van der Waals surface area contributed by atoms with Crippen LogP contribution in [0.25, 0.3) is 0 Å². The summed E-state index contributed by atoms with van der Waals surface area (Å²) in [5, 5.41) is 2.24. The van der Waals surface area contributed by atoms with E-state index in [0.29, 0.717) is 13.2 Å². The van der Waals surface area contributed by atoms with E-state index in [1.165, 1.54) is 23.1 Å². The standard InChI is InChI=1S/C19H17F3N2O4/c20-19(21,22)14-10-13(17(25)24-6-8-27-9-7-24)11-15(12-14)23-18(26)28-16-4-2-1-3-5-16/h1-5,10-12H,6-9H2,(H,23,26). The highest BCUT2D eigenvalue weighted by atomic mass is 19.4. The number of para-hydroxylation sites is 1. The molecule has 0 unspecified atom stereocenters. The normalized spacial score (nSPS) is 14.5. The molecule has 0 bridgehead atoms. The van der Waals surface area contributed by atoms with Crippen molar-refractivity contribution in [3.63, 3.8) is 0 Å². The van der Waals surface area contributed by atoms with Crippen molar-refractivity contribution < 1.29 is 32.2 Å². The number of hydrogen-bond acceptors (Lipinski definition) is 4. The largest absolute Gasteiger partial charge is 0.417 e. The van der Waals surface area contributed by atoms with Crippen LogP contribution in [0.15, 0.2) is 48.5 Å². The van der Waals surface area contributed by atoms with Gasteiger partial charge in [-0.05, 0) is 30.3 Å². The first-order chi connectivity index (χ1) is 13.3. The number of carbonyl (C=O) groups is 2. The predicted molar refractivity (Wildman–Crippen MR) is 94.3 cm³/mol. The molecule has 6 nitrogen and oxygen atoms in total. The molecular formula is C19H17F3N2O4. The van der Waals surface area contributed by atoms with Gasteiger partial charge in [0.05, 0.1) is 18.8 Å². The molecule has 148 valence electrons. The molecule has 0 atom stereocenters. The van der Waals surface area contributed by atoms with Crippen LogP contribution >= 0.6 is 0 Å². The van der Waals surface area contributed by atoms with Gasteiger partial charge in [0.25, 0.3) is 5.91 Å². The Hall–Kier alpha value is -3.07. The van der Waals surface area contributed by atoms with E-state index < -0.39 is 23.7 Å². The molecule has 9 heteroatoms. The number of carbonyl (C=O) groups excluding carboxylic acids is 2. The van der Waals surface area contributed by atoms with Crippen molar-refractivity contribution in [3.05, 3.63) is 59.7 Å². The van der Waals surface area contributed by atoms with Crippen molar-refractivity contribution in [2.75, 3.05) is 31.6 Å². The molecule has 2 amide bonds. The van der Waals surface area contributed by atoms with E-state index in [9.17, 15) is 22.8 Å². The highest BCUT2D eigenvalue weighted by molar-refractivity contribution is 5.97. The Bertz CT molecular complexity index is 850. The molecule has 1 aliphatic heterocycles. The lowest BCUT2D eigenvalue weighted by Gasteiger charge is -2.27. The summed E-state index contributed by atoms with van der Waals surface area (Å²) in [6, 6.07) is 10.8. The SMILES string of the molecule is O=C(Nc1cc(C(=O)N2CCOCC2)cc(C(F)(F)F)c1)Oc1ccccc1. The number of amides is 2. The van der Waals surface area contributed by atoms with Crippen LogP contribution < -0.4 is 10.1 Å². The van der Waals surface area contributed by atoms with Crippen LogP contribution in [-0.2, 0) is 10.9 Å². The number of morpholine rings is 1. The second-order valence-electron chi connectivity index (χ2n) is 6.03. The van der Waals surface area contributed by atoms with Crippen LogP contribution in [0.1, 0.15) is 15.9 Å². The minimum Gasteiger partial charge on any atom is -0.410 e. The maximum absolute atomic E-state index is 13.2. The maximum Gasteiger partial charge on any atom is 0.417 e. The molecule has 1 N–H and O–H groups in total. The Labute approximate surface area is 158 Å². The fourth-order valence-electron chi connectivity index (χ4n) is 2.67. The van der Waals surface area contributed by atoms with E-state index in [-0.39, 0.29) is 30.1 Å². The van der Waals surface area contributed by atoms with Gasteiger partial charge in [-0.2, -0.15) is 13.2 Å². The van der Waals surface area contributed by atoms with E-state index in [1.54, 1.807) is 18.2 Å². The van der Waals surface area contributed by atoms with E-state index >= 15 is 0 Å². The van der Waals surface area contributed by atoms with Crippen molar-refractivity contribution in [3.8, 4) is 5.75 Å². The Kier molecular flexibility index (Phi) is 5.84. The number of rotatable bonds is 3. The number of ether oxygens (including phenoxy) is 2. The van der Waals surface area contributed by atoms with Gasteiger partial charge >= 0.3 is 12.3 Å². The first-order valence-electron chi connectivity index (χ1n) is 8.46. The first kappa shape index (κ1) is 19.7. The lowest BCUT2D eigenvalue weighted by atomic mass is 10.1. The highest BCUT2D eigenvalue weighted by Crippen LogP contribution is 2.32. The molecule has 1 aliphatic rings. The summed E-state index contributed by atoms with van der Waals surface area (Å²) < 4.78 is 49.9. The van der Waals surface area contributed by atoms with Gasteiger partial charge in [-0.25, -0.2) is 4.79 Å². The van der Waals surface area contributed by atoms with Gasteiger partial charge in [0.1, 0.15) is 5.75 Å². The van der Waals surface area contributed by atoms with Gasteiger partial charge in [-0.1, -0.05) is 18.2 Å². The molecule has 2 aromatic rings. The number of alkyl halides is 3. The van der Waals surface area contributed by atoms with E-state index in [2.05, 4.69) is 5.32 Å². The lowest BCUT2D eigenvalue weighted by molar-refractivity contribution is -0.137. The van der Waals surface area contributed by atoms with Crippen molar-refractivity contribution in [1.29, 1.82) is 0 Å². The van der Waals surface area contributed by atoms with Gasteiger partial charge in [-0.3, -0.25) is 10.1 Å². The van der Waals surface area contributed by atoms with Crippen molar-refractivity contribution >= 4 is 17.7 Å². The maximum atomic E-state index is 13.2. The third-order valence-corrected chi connectivity index (χ3v) is 4.01. The van der Waals surface area contributed by atoms with Crippen molar-refractivity contribution in [1.82, 2.24) is 4.90 Å². The van der Waals surface area contributed by atoms with E-state index in [1.807, 2.05) is 0 Å². The van der Waals surface area contributed by atoms with E-state index in [0.717, 1.165) is 12.1 Å². The van der Waals surface area contributed by atoms with Crippen molar-refractivity contribution in [2.45, 2.75) is 6.18 Å². The molecule has 28 heavy (non-hydrogen) atoms. The summed E-state index contributed by atoms with van der Waals surface area (Å²) in [6.45, 7) is 1.21. The molecule has 1 heterocycles. The third-order valence-electron chi connectivity index (χ3n) is 4.01. The topological polar surface area (TPSA) is 67.9 Å². The van der Waals surface area contributed by atoms with Crippen LogP contribution in [0.2, 0.25) is 0 Å². The number of halogens is 3. The second kappa shape index (κ2) is 8.30. The fourth-order valence-corrected chi connectivity index (χ4v) is 2.67. The number of hydrogen-bond donors (Lipinski definition) is 1. The summed E-state index contributed by atoms with van der Waals surface area (Å²) in [5.41, 5.74) is -1.40. The Morgan fingerprint density at radius 1 is 1.04 bits per heavy atom. The number of nitrogens with zero attached hydrogens (tertiary/aromatic N) is 1. The molecule has 0 spiro atoms. The highest BCUT2D eigenvalue weighted by Gasteiger charge is 2.32. The Morgan fingerprint density at radius 2 is 1.71 bits per heavy atom. The van der Waals surface area contributed by atoms with Gasteiger partial charge in [0, 0.05) is 24.3 Å². The molecule has 2 aromatic carbocycles. The van der Waals surface area contributed by atoms with Gasteiger partial charge in [0.2, 0.25) is 0 Å². The molecule has 0 aromatic heterocycles. The Morgan fingerprint density at radius 3 is 2.36 bits per heavy atom. The van der Waals surface area contributed by atoms with Crippen LogP contribution in [0, 0.1) is 0 Å². The average Bonchev–Trinajstić information content (AvgIpc) is 2.68. The quantitative estimate of drug-likeness (QED) is 0.860. The molecule has 3 rings (SSSR count). The summed E-state index contributed by atoms with van der Waals surface area (Å²) in [7, 11) is 0. The zero-order chi connectivity index (χ0) is 20.1. The molecule has 0 aliphatic carbocycles. The number of benzene rings is 2. The third kappa shape index (κ3) is 5.01. The number of nitrogens with one attached hydrogen (secondary N) is 1. The molecule has 0 radical (unpaired) electrons. The predicted octanol–water partition coefficient (Wildman–Crippen LogP) is 3.79. The monoisotopic (exact) mass is 394 g/mol. The molecule has 1 fully saturated rings. The lowest BCUT2D eigenvalue weighted by Crippen LogP contribution is -2.40. The molecule has 1 saturated heterocycles. The Balaban J connectivity index is 1.83. The van der Waals surface area contributed by atoms with Gasteiger partial charge < -0.3 is 14.4 Å². The van der Waals surface area contributed by atoms with Gasteiger partial charge in [-0.15, -0.1) is 0 Å². The van der Waals surface area contributed by atoms with E-state index in [4.69, 9.17) is 9.47 Å². The summed E-state index contributed by atoms with van der Waals surface area (Å²) >= 11 is 0. The van der Waals surface area contributed by atoms with Crippen LogP contribution in [0.3, 0.4) is 0 Å². The van der Waals surface area contributed by atoms with Crippen molar-refractivity contribution in [2.24, 2.45) is 0 Å². The van der Waals surface area contributed by atoms with Gasteiger partial charge in [0.15, 0.2) is 0 Å². The fraction of sp³-hybridized carbons (Fsp3) is 0.263.